The molecular weight excluding hydrogens is 285 g/mol. The van der Waals surface area contributed by atoms with E-state index in [4.69, 9.17) is 11.6 Å². The number of carbonyl (C=O) groups is 1. The third-order valence-corrected chi connectivity index (χ3v) is 2.81. The van der Waals surface area contributed by atoms with Crippen molar-refractivity contribution in [2.45, 2.75) is 11.2 Å². The Kier molecular flexibility index (Phi) is 4.23. The summed E-state index contributed by atoms with van der Waals surface area (Å²) < 4.78 is 0. The summed E-state index contributed by atoms with van der Waals surface area (Å²) in [5, 5.41) is 9.93. The number of halogens is 2. The molecule has 6 heteroatoms. The van der Waals surface area contributed by atoms with Crippen molar-refractivity contribution in [3.05, 3.63) is 39.9 Å². The van der Waals surface area contributed by atoms with Gasteiger partial charge in [0.2, 0.25) is 5.24 Å². The van der Waals surface area contributed by atoms with Gasteiger partial charge in [-0.1, -0.05) is 28.1 Å². The smallest absolute Gasteiger partial charge is 0.269 e. The topological polar surface area (TPSA) is 60.2 Å². The van der Waals surface area contributed by atoms with E-state index in [1.807, 2.05) is 0 Å². The SMILES string of the molecule is O=C(Cl)CC(Br)c1ccc([N+](=O)[O-])cc1. The normalized spacial score (nSPS) is 12.1. The fourth-order valence-corrected chi connectivity index (χ4v) is 2.00. The lowest BCUT2D eigenvalue weighted by molar-refractivity contribution is -0.384. The monoisotopic (exact) mass is 291 g/mol. The van der Waals surface area contributed by atoms with Gasteiger partial charge in [0.15, 0.2) is 0 Å². The van der Waals surface area contributed by atoms with Crippen molar-refractivity contribution in [1.29, 1.82) is 0 Å². The molecule has 15 heavy (non-hydrogen) atoms. The van der Waals surface area contributed by atoms with Gasteiger partial charge in [-0.3, -0.25) is 14.9 Å². The average molecular weight is 293 g/mol. The zero-order valence-electron chi connectivity index (χ0n) is 7.52. The summed E-state index contributed by atoms with van der Waals surface area (Å²) in [5.74, 6) is 0. The second-order valence-corrected chi connectivity index (χ2v) is 4.40. The van der Waals surface area contributed by atoms with Gasteiger partial charge in [-0.25, -0.2) is 0 Å². The molecule has 1 rings (SSSR count). The van der Waals surface area contributed by atoms with Gasteiger partial charge in [0.25, 0.3) is 5.69 Å². The number of benzene rings is 1. The van der Waals surface area contributed by atoms with Crippen LogP contribution >= 0.6 is 27.5 Å². The van der Waals surface area contributed by atoms with E-state index in [1.54, 1.807) is 12.1 Å². The van der Waals surface area contributed by atoms with E-state index in [-0.39, 0.29) is 16.9 Å². The molecule has 0 aliphatic carbocycles. The molecule has 0 heterocycles. The van der Waals surface area contributed by atoms with E-state index in [2.05, 4.69) is 15.9 Å². The summed E-state index contributed by atoms with van der Waals surface area (Å²) in [4.78, 5) is 20.3. The Morgan fingerprint density at radius 3 is 2.40 bits per heavy atom. The van der Waals surface area contributed by atoms with Crippen LogP contribution in [0.5, 0.6) is 0 Å². The van der Waals surface area contributed by atoms with E-state index in [0.29, 0.717) is 0 Å². The van der Waals surface area contributed by atoms with Gasteiger partial charge in [0.1, 0.15) is 0 Å². The quantitative estimate of drug-likeness (QED) is 0.370. The standard InChI is InChI=1S/C9H7BrClNO3/c10-8(5-9(11)13)6-1-3-7(4-2-6)12(14)15/h1-4,8H,5H2. The zero-order valence-corrected chi connectivity index (χ0v) is 9.86. The minimum atomic E-state index is -0.473. The Labute approximate surface area is 99.5 Å². The number of rotatable bonds is 4. The van der Waals surface area contributed by atoms with E-state index in [9.17, 15) is 14.9 Å². The number of nitro benzene ring substituents is 1. The summed E-state index contributed by atoms with van der Waals surface area (Å²) in [5.41, 5.74) is 0.810. The number of alkyl halides is 1. The second kappa shape index (κ2) is 5.23. The maximum Gasteiger partial charge on any atom is 0.269 e. The molecule has 0 aliphatic rings. The molecule has 0 aliphatic heterocycles. The predicted octanol–water partition coefficient (Wildman–Crippen LogP) is 3.19. The van der Waals surface area contributed by atoms with E-state index < -0.39 is 10.2 Å². The molecule has 0 bridgehead atoms. The van der Waals surface area contributed by atoms with Crippen LogP contribution in [-0.2, 0) is 4.79 Å². The molecule has 0 amide bonds. The van der Waals surface area contributed by atoms with Crippen molar-refractivity contribution in [3.8, 4) is 0 Å². The van der Waals surface area contributed by atoms with Crippen LogP contribution in [0.4, 0.5) is 5.69 Å². The molecule has 0 aromatic heterocycles. The van der Waals surface area contributed by atoms with E-state index in [0.717, 1.165) is 5.56 Å². The van der Waals surface area contributed by atoms with Crippen LogP contribution in [0.3, 0.4) is 0 Å². The second-order valence-electron chi connectivity index (χ2n) is 2.88. The third kappa shape index (κ3) is 3.60. The average Bonchev–Trinajstić information content (AvgIpc) is 2.17. The lowest BCUT2D eigenvalue weighted by atomic mass is 10.1. The molecule has 0 fully saturated rings. The minimum absolute atomic E-state index is 0.0238. The van der Waals surface area contributed by atoms with Gasteiger partial charge in [-0.15, -0.1) is 0 Å². The maximum absolute atomic E-state index is 10.6. The molecule has 0 saturated carbocycles. The van der Waals surface area contributed by atoms with Crippen molar-refractivity contribution in [2.24, 2.45) is 0 Å². The molecular formula is C9H7BrClNO3. The summed E-state index contributed by atoms with van der Waals surface area (Å²) in [7, 11) is 0. The molecule has 0 spiro atoms. The first-order valence-electron chi connectivity index (χ1n) is 4.07. The molecule has 80 valence electrons. The number of hydrogen-bond donors (Lipinski definition) is 0. The van der Waals surface area contributed by atoms with Crippen molar-refractivity contribution < 1.29 is 9.72 Å². The Balaban J connectivity index is 2.79. The van der Waals surface area contributed by atoms with Crippen LogP contribution in [0.25, 0.3) is 0 Å². The molecule has 1 atom stereocenters. The zero-order chi connectivity index (χ0) is 11.4. The number of non-ortho nitro benzene ring substituents is 1. The lowest BCUT2D eigenvalue weighted by Gasteiger charge is -2.06. The fraction of sp³-hybridized carbons (Fsp3) is 0.222. The predicted molar refractivity (Wildman–Crippen MR) is 60.2 cm³/mol. The Morgan fingerprint density at radius 1 is 1.47 bits per heavy atom. The van der Waals surface area contributed by atoms with Crippen molar-refractivity contribution >= 4 is 38.5 Å². The van der Waals surface area contributed by atoms with Crippen LogP contribution in [0.2, 0.25) is 0 Å². The third-order valence-electron chi connectivity index (χ3n) is 1.81. The van der Waals surface area contributed by atoms with Gasteiger partial charge in [0, 0.05) is 23.4 Å². The highest BCUT2D eigenvalue weighted by Crippen LogP contribution is 2.28. The highest BCUT2D eigenvalue weighted by atomic mass is 79.9. The van der Waals surface area contributed by atoms with Crippen LogP contribution in [0, 0.1) is 10.1 Å². The Morgan fingerprint density at radius 2 is 2.00 bits per heavy atom. The highest BCUT2D eigenvalue weighted by molar-refractivity contribution is 9.09. The molecule has 1 aromatic rings. The van der Waals surface area contributed by atoms with Crippen LogP contribution in [0.15, 0.2) is 24.3 Å². The number of hydrogen-bond acceptors (Lipinski definition) is 3. The largest absolute Gasteiger partial charge is 0.281 e. The fourth-order valence-electron chi connectivity index (χ4n) is 1.06. The van der Waals surface area contributed by atoms with Gasteiger partial charge in [-0.05, 0) is 17.2 Å². The van der Waals surface area contributed by atoms with Crippen molar-refractivity contribution in [1.82, 2.24) is 0 Å². The molecule has 1 unspecified atom stereocenters. The first kappa shape index (κ1) is 12.1. The summed E-state index contributed by atoms with van der Waals surface area (Å²) >= 11 is 8.50. The van der Waals surface area contributed by atoms with Crippen molar-refractivity contribution in [3.63, 3.8) is 0 Å². The van der Waals surface area contributed by atoms with Gasteiger partial charge < -0.3 is 0 Å². The molecule has 1 aromatic carbocycles. The van der Waals surface area contributed by atoms with E-state index >= 15 is 0 Å². The molecule has 0 N–H and O–H groups in total. The molecule has 0 radical (unpaired) electrons. The first-order valence-corrected chi connectivity index (χ1v) is 5.37. The number of nitro groups is 1. The van der Waals surface area contributed by atoms with Gasteiger partial charge in [0.05, 0.1) is 4.92 Å². The summed E-state index contributed by atoms with van der Waals surface area (Å²) in [6, 6.07) is 5.97. The first-order chi connectivity index (χ1) is 7.00. The van der Waals surface area contributed by atoms with Gasteiger partial charge in [-0.2, -0.15) is 0 Å². The summed E-state index contributed by atoms with van der Waals surface area (Å²) in [6.45, 7) is 0. The highest BCUT2D eigenvalue weighted by Gasteiger charge is 2.12. The van der Waals surface area contributed by atoms with Crippen molar-refractivity contribution in [2.75, 3.05) is 0 Å². The van der Waals surface area contributed by atoms with Crippen LogP contribution < -0.4 is 0 Å². The number of carbonyl (C=O) groups excluding carboxylic acids is 1. The molecule has 4 nitrogen and oxygen atoms in total. The van der Waals surface area contributed by atoms with Crippen LogP contribution in [0.1, 0.15) is 16.8 Å². The summed E-state index contributed by atoms with van der Waals surface area (Å²) in [6.07, 6.45) is 0.152. The minimum Gasteiger partial charge on any atom is -0.281 e. The Bertz CT molecular complexity index is 379. The van der Waals surface area contributed by atoms with E-state index in [1.165, 1.54) is 12.1 Å². The lowest BCUT2D eigenvalue weighted by Crippen LogP contribution is -1.96. The maximum atomic E-state index is 10.6. The molecule has 0 saturated heterocycles. The van der Waals surface area contributed by atoms with Gasteiger partial charge >= 0.3 is 0 Å². The van der Waals surface area contributed by atoms with Crippen LogP contribution in [-0.4, -0.2) is 10.2 Å². The number of nitrogens with zero attached hydrogens (tertiary/aromatic N) is 1. The Hall–Kier alpha value is -0.940.